The first-order chi connectivity index (χ1) is 12.1. The number of carboxylic acids is 1. The molecule has 2 unspecified atom stereocenters. The molecule has 2 fully saturated rings. The molecule has 1 aromatic rings. The monoisotopic (exact) mass is 344 g/mol. The van der Waals surface area contributed by atoms with E-state index < -0.39 is 5.97 Å². The largest absolute Gasteiger partial charge is 0.481 e. The Morgan fingerprint density at radius 3 is 2.40 bits per heavy atom. The highest BCUT2D eigenvalue weighted by Crippen LogP contribution is 2.37. The third-order valence-electron chi connectivity index (χ3n) is 5.78. The van der Waals surface area contributed by atoms with Crippen molar-refractivity contribution in [2.24, 2.45) is 11.8 Å². The molecule has 0 spiro atoms. The Bertz CT molecular complexity index is 582. The van der Waals surface area contributed by atoms with Gasteiger partial charge in [0.15, 0.2) is 0 Å². The highest BCUT2D eigenvalue weighted by molar-refractivity contribution is 5.75. The molecule has 0 radical (unpaired) electrons. The number of carboxylic acid groups (broad SMARTS) is 1. The maximum Gasteiger partial charge on any atom is 0.317 e. The van der Waals surface area contributed by atoms with Crippen molar-refractivity contribution in [1.29, 1.82) is 0 Å². The summed E-state index contributed by atoms with van der Waals surface area (Å²) in [6, 6.07) is 10.6. The van der Waals surface area contributed by atoms with Crippen molar-refractivity contribution in [3.05, 3.63) is 35.9 Å². The van der Waals surface area contributed by atoms with E-state index in [9.17, 15) is 9.59 Å². The predicted molar refractivity (Wildman–Crippen MR) is 96.5 cm³/mol. The third kappa shape index (κ3) is 4.53. The van der Waals surface area contributed by atoms with E-state index in [4.69, 9.17) is 5.11 Å². The number of hydrogen-bond acceptors (Lipinski definition) is 2. The van der Waals surface area contributed by atoms with Crippen LogP contribution in [0.15, 0.2) is 30.3 Å². The number of aliphatic carboxylic acids is 1. The summed E-state index contributed by atoms with van der Waals surface area (Å²) >= 11 is 0. The second kappa shape index (κ2) is 8.37. The van der Waals surface area contributed by atoms with E-state index in [1.54, 1.807) is 4.90 Å². The fraction of sp³-hybridized carbons (Fsp3) is 0.600. The molecule has 2 amide bonds. The maximum atomic E-state index is 12.4. The summed E-state index contributed by atoms with van der Waals surface area (Å²) < 4.78 is 0. The molecule has 1 aliphatic carbocycles. The molecule has 5 nitrogen and oxygen atoms in total. The van der Waals surface area contributed by atoms with Gasteiger partial charge < -0.3 is 15.3 Å². The lowest BCUT2D eigenvalue weighted by Crippen LogP contribution is -2.47. The first-order valence-electron chi connectivity index (χ1n) is 9.45. The van der Waals surface area contributed by atoms with Gasteiger partial charge in [-0.3, -0.25) is 4.79 Å². The van der Waals surface area contributed by atoms with Gasteiger partial charge in [0.25, 0.3) is 0 Å². The standard InChI is InChI=1S/C20H28N2O3/c23-19(24)16-10-12-22(13-11-16)20(25)21-14-17-8-4-5-9-18(17)15-6-2-1-3-7-15/h1-3,6-7,16-18H,4-5,8-14H2,(H,21,25)(H,23,24). The van der Waals surface area contributed by atoms with Crippen LogP contribution >= 0.6 is 0 Å². The van der Waals surface area contributed by atoms with Crippen LogP contribution in [0, 0.1) is 11.8 Å². The molecule has 1 saturated heterocycles. The number of carbonyl (C=O) groups is 2. The van der Waals surface area contributed by atoms with Gasteiger partial charge in [-0.05, 0) is 43.1 Å². The van der Waals surface area contributed by atoms with Crippen LogP contribution in [0.5, 0.6) is 0 Å². The molecule has 25 heavy (non-hydrogen) atoms. The summed E-state index contributed by atoms with van der Waals surface area (Å²) in [5.74, 6) is -0.0394. The lowest BCUT2D eigenvalue weighted by Gasteiger charge is -2.34. The number of carbonyl (C=O) groups excluding carboxylic acids is 1. The predicted octanol–water partition coefficient (Wildman–Crippen LogP) is 3.47. The number of likely N-dealkylation sites (tertiary alicyclic amines) is 1. The lowest BCUT2D eigenvalue weighted by atomic mass is 9.75. The molecule has 0 bridgehead atoms. The summed E-state index contributed by atoms with van der Waals surface area (Å²) in [5, 5.41) is 12.2. The summed E-state index contributed by atoms with van der Waals surface area (Å²) in [4.78, 5) is 25.2. The molecule has 1 heterocycles. The minimum absolute atomic E-state index is 0.0405. The Kier molecular flexibility index (Phi) is 5.95. The molecular formula is C20H28N2O3. The van der Waals surface area contributed by atoms with Crippen LogP contribution in [0.2, 0.25) is 0 Å². The highest BCUT2D eigenvalue weighted by atomic mass is 16.4. The van der Waals surface area contributed by atoms with Crippen molar-refractivity contribution >= 4 is 12.0 Å². The Hall–Kier alpha value is -2.04. The zero-order valence-electron chi connectivity index (χ0n) is 14.7. The molecule has 5 heteroatoms. The minimum Gasteiger partial charge on any atom is -0.481 e. The molecule has 1 aromatic carbocycles. The zero-order chi connectivity index (χ0) is 17.6. The van der Waals surface area contributed by atoms with Gasteiger partial charge in [-0.1, -0.05) is 43.2 Å². The smallest absolute Gasteiger partial charge is 0.317 e. The third-order valence-corrected chi connectivity index (χ3v) is 5.78. The Morgan fingerprint density at radius 2 is 1.72 bits per heavy atom. The van der Waals surface area contributed by atoms with Crippen molar-refractivity contribution in [3.63, 3.8) is 0 Å². The van der Waals surface area contributed by atoms with E-state index >= 15 is 0 Å². The fourth-order valence-electron chi connectivity index (χ4n) is 4.25. The SMILES string of the molecule is O=C(O)C1CCN(C(=O)NCC2CCCCC2c2ccccc2)CC1. The van der Waals surface area contributed by atoms with Crippen molar-refractivity contribution in [3.8, 4) is 0 Å². The molecule has 2 N–H and O–H groups in total. The molecule has 2 atom stereocenters. The molecule has 136 valence electrons. The number of amides is 2. The Balaban J connectivity index is 1.51. The normalized spacial score (nSPS) is 24.7. The van der Waals surface area contributed by atoms with Gasteiger partial charge >= 0.3 is 12.0 Å². The van der Waals surface area contributed by atoms with Crippen molar-refractivity contribution in [2.75, 3.05) is 19.6 Å². The van der Waals surface area contributed by atoms with Crippen LogP contribution in [0.25, 0.3) is 0 Å². The molecule has 1 aliphatic heterocycles. The molecular weight excluding hydrogens is 316 g/mol. The summed E-state index contributed by atoms with van der Waals surface area (Å²) in [6.45, 7) is 1.78. The number of benzene rings is 1. The van der Waals surface area contributed by atoms with Gasteiger partial charge in [0, 0.05) is 19.6 Å². The van der Waals surface area contributed by atoms with E-state index in [1.807, 2.05) is 6.07 Å². The van der Waals surface area contributed by atoms with Gasteiger partial charge in [0.05, 0.1) is 5.92 Å². The van der Waals surface area contributed by atoms with E-state index in [1.165, 1.54) is 24.8 Å². The number of piperidine rings is 1. The average Bonchev–Trinajstić information content (AvgIpc) is 2.67. The van der Waals surface area contributed by atoms with Gasteiger partial charge in [-0.2, -0.15) is 0 Å². The second-order valence-electron chi connectivity index (χ2n) is 7.35. The second-order valence-corrected chi connectivity index (χ2v) is 7.35. The van der Waals surface area contributed by atoms with Crippen LogP contribution < -0.4 is 5.32 Å². The van der Waals surface area contributed by atoms with E-state index in [-0.39, 0.29) is 11.9 Å². The summed E-state index contributed by atoms with van der Waals surface area (Å²) in [5.41, 5.74) is 1.38. The number of hydrogen-bond donors (Lipinski definition) is 2. The van der Waals surface area contributed by atoms with E-state index in [0.29, 0.717) is 44.3 Å². The van der Waals surface area contributed by atoms with Gasteiger partial charge in [0.1, 0.15) is 0 Å². The fourth-order valence-corrected chi connectivity index (χ4v) is 4.25. The van der Waals surface area contributed by atoms with Crippen LogP contribution in [-0.4, -0.2) is 41.6 Å². The molecule has 3 rings (SSSR count). The number of urea groups is 1. The topological polar surface area (TPSA) is 69.6 Å². The molecule has 0 aromatic heterocycles. The highest BCUT2D eigenvalue weighted by Gasteiger charge is 2.29. The quantitative estimate of drug-likeness (QED) is 0.879. The first kappa shape index (κ1) is 17.8. The van der Waals surface area contributed by atoms with Crippen molar-refractivity contribution in [2.45, 2.75) is 44.4 Å². The minimum atomic E-state index is -0.743. The van der Waals surface area contributed by atoms with Gasteiger partial charge in [-0.15, -0.1) is 0 Å². The summed E-state index contributed by atoms with van der Waals surface area (Å²) in [6.07, 6.45) is 5.94. The van der Waals surface area contributed by atoms with Crippen LogP contribution in [-0.2, 0) is 4.79 Å². The van der Waals surface area contributed by atoms with E-state index in [0.717, 1.165) is 6.42 Å². The number of rotatable bonds is 4. The van der Waals surface area contributed by atoms with Crippen LogP contribution in [0.1, 0.15) is 50.0 Å². The van der Waals surface area contributed by atoms with Crippen LogP contribution in [0.3, 0.4) is 0 Å². The summed E-state index contributed by atoms with van der Waals surface area (Å²) in [7, 11) is 0. The number of nitrogens with one attached hydrogen (secondary N) is 1. The first-order valence-corrected chi connectivity index (χ1v) is 9.45. The Labute approximate surface area is 149 Å². The van der Waals surface area contributed by atoms with Gasteiger partial charge in [0.2, 0.25) is 0 Å². The zero-order valence-corrected chi connectivity index (χ0v) is 14.7. The molecule has 1 saturated carbocycles. The van der Waals surface area contributed by atoms with Gasteiger partial charge in [-0.25, -0.2) is 4.79 Å². The lowest BCUT2D eigenvalue weighted by molar-refractivity contribution is -0.143. The van der Waals surface area contributed by atoms with Crippen LogP contribution in [0.4, 0.5) is 4.79 Å². The average molecular weight is 344 g/mol. The Morgan fingerprint density at radius 1 is 1.04 bits per heavy atom. The van der Waals surface area contributed by atoms with Crippen molar-refractivity contribution in [1.82, 2.24) is 10.2 Å². The number of nitrogens with zero attached hydrogens (tertiary/aromatic N) is 1. The van der Waals surface area contributed by atoms with Crippen molar-refractivity contribution < 1.29 is 14.7 Å². The molecule has 2 aliphatic rings. The maximum absolute atomic E-state index is 12.4. The van der Waals surface area contributed by atoms with E-state index in [2.05, 4.69) is 29.6 Å².